The Balaban J connectivity index is 2.04. The Morgan fingerprint density at radius 1 is 1.42 bits per heavy atom. The van der Waals surface area contributed by atoms with Gasteiger partial charge >= 0.3 is 5.97 Å². The monoisotopic (exact) mass is 266 g/mol. The summed E-state index contributed by atoms with van der Waals surface area (Å²) >= 11 is 0. The summed E-state index contributed by atoms with van der Waals surface area (Å²) in [7, 11) is 0. The minimum atomic E-state index is -1.10. The van der Waals surface area contributed by atoms with E-state index in [4.69, 9.17) is 14.2 Å². The molecule has 104 valence electrons. The van der Waals surface area contributed by atoms with Gasteiger partial charge in [0.15, 0.2) is 11.5 Å². The van der Waals surface area contributed by atoms with E-state index in [1.807, 2.05) is 0 Å². The zero-order valence-electron chi connectivity index (χ0n) is 11.1. The van der Waals surface area contributed by atoms with Crippen molar-refractivity contribution in [2.45, 2.75) is 32.3 Å². The molecule has 1 aromatic carbocycles. The number of benzene rings is 1. The summed E-state index contributed by atoms with van der Waals surface area (Å²) in [5.74, 6) is 0.988. The highest BCUT2D eigenvalue weighted by atomic mass is 16.7. The van der Waals surface area contributed by atoms with Crippen LogP contribution >= 0.6 is 0 Å². The van der Waals surface area contributed by atoms with Crippen LogP contribution in [-0.4, -0.2) is 24.5 Å². The van der Waals surface area contributed by atoms with Crippen LogP contribution in [0.3, 0.4) is 0 Å². The van der Waals surface area contributed by atoms with Gasteiger partial charge in [0, 0.05) is 6.42 Å². The molecule has 0 bridgehead atoms. The molecule has 1 atom stereocenters. The second-order valence-electron chi connectivity index (χ2n) is 4.65. The molecule has 1 N–H and O–H groups in total. The Bertz CT molecular complexity index is 467. The van der Waals surface area contributed by atoms with Gasteiger partial charge in [0.25, 0.3) is 0 Å². The first-order chi connectivity index (χ1) is 9.03. The fraction of sp³-hybridized carbons (Fsp3) is 0.500. The van der Waals surface area contributed by atoms with Crippen molar-refractivity contribution in [3.05, 3.63) is 23.8 Å². The first kappa shape index (κ1) is 13.7. The van der Waals surface area contributed by atoms with Gasteiger partial charge in [0.2, 0.25) is 6.79 Å². The summed E-state index contributed by atoms with van der Waals surface area (Å²) in [6.45, 7) is 3.98. The summed E-state index contributed by atoms with van der Waals surface area (Å²) in [6, 6.07) is 5.28. The summed E-state index contributed by atoms with van der Waals surface area (Å²) in [5.41, 5.74) is -0.408. The SMILES string of the molecule is CCOC(=O)CCC(C)(O)c1ccc2c(c1)OCO2. The van der Waals surface area contributed by atoms with E-state index in [9.17, 15) is 9.90 Å². The maximum Gasteiger partial charge on any atom is 0.305 e. The molecule has 0 radical (unpaired) electrons. The Kier molecular flexibility index (Phi) is 3.95. The van der Waals surface area contributed by atoms with Gasteiger partial charge in [0.05, 0.1) is 12.2 Å². The Morgan fingerprint density at radius 3 is 2.89 bits per heavy atom. The van der Waals surface area contributed by atoms with Crippen LogP contribution in [0.25, 0.3) is 0 Å². The molecule has 5 nitrogen and oxygen atoms in total. The van der Waals surface area contributed by atoms with Crippen molar-refractivity contribution in [1.29, 1.82) is 0 Å². The van der Waals surface area contributed by atoms with Gasteiger partial charge in [-0.1, -0.05) is 6.07 Å². The summed E-state index contributed by atoms with van der Waals surface area (Å²) < 4.78 is 15.3. The van der Waals surface area contributed by atoms with E-state index in [-0.39, 0.29) is 19.2 Å². The lowest BCUT2D eigenvalue weighted by Crippen LogP contribution is -2.22. The molecule has 0 saturated heterocycles. The van der Waals surface area contributed by atoms with Crippen LogP contribution in [0, 0.1) is 0 Å². The quantitative estimate of drug-likeness (QED) is 0.825. The Hall–Kier alpha value is -1.75. The molecule has 1 aromatic rings. The van der Waals surface area contributed by atoms with Crippen LogP contribution in [0.15, 0.2) is 18.2 Å². The van der Waals surface area contributed by atoms with Gasteiger partial charge in [-0.3, -0.25) is 4.79 Å². The summed E-state index contributed by atoms with van der Waals surface area (Å²) in [5, 5.41) is 10.4. The van der Waals surface area contributed by atoms with Crippen molar-refractivity contribution in [2.24, 2.45) is 0 Å². The van der Waals surface area contributed by atoms with Gasteiger partial charge in [0.1, 0.15) is 0 Å². The molecule has 1 aliphatic heterocycles. The maximum atomic E-state index is 11.3. The average Bonchev–Trinajstić information content (AvgIpc) is 2.84. The number of hydrogen-bond donors (Lipinski definition) is 1. The zero-order chi connectivity index (χ0) is 13.9. The highest BCUT2D eigenvalue weighted by molar-refractivity contribution is 5.69. The van der Waals surface area contributed by atoms with Gasteiger partial charge in [-0.2, -0.15) is 0 Å². The number of rotatable bonds is 5. The van der Waals surface area contributed by atoms with Crippen molar-refractivity contribution in [1.82, 2.24) is 0 Å². The third-order valence-corrected chi connectivity index (χ3v) is 3.12. The first-order valence-corrected chi connectivity index (χ1v) is 6.31. The number of ether oxygens (including phenoxy) is 3. The normalized spacial score (nSPS) is 15.9. The van der Waals surface area contributed by atoms with Crippen LogP contribution in [0.2, 0.25) is 0 Å². The van der Waals surface area contributed by atoms with Crippen molar-refractivity contribution in [2.75, 3.05) is 13.4 Å². The molecule has 1 unspecified atom stereocenters. The second kappa shape index (κ2) is 5.48. The smallest absolute Gasteiger partial charge is 0.305 e. The zero-order valence-corrected chi connectivity index (χ0v) is 11.1. The maximum absolute atomic E-state index is 11.3. The summed E-state index contributed by atoms with van der Waals surface area (Å²) in [6.07, 6.45) is 0.473. The van der Waals surface area contributed by atoms with Crippen LogP contribution in [-0.2, 0) is 15.1 Å². The first-order valence-electron chi connectivity index (χ1n) is 6.31. The van der Waals surface area contributed by atoms with Gasteiger partial charge in [-0.25, -0.2) is 0 Å². The molecule has 0 aromatic heterocycles. The minimum absolute atomic E-state index is 0.176. The van der Waals surface area contributed by atoms with Crippen molar-refractivity contribution < 1.29 is 24.1 Å². The van der Waals surface area contributed by atoms with E-state index in [2.05, 4.69) is 0 Å². The minimum Gasteiger partial charge on any atom is -0.466 e. The molecule has 0 amide bonds. The standard InChI is InChI=1S/C14H18O5/c1-3-17-13(15)6-7-14(2,16)10-4-5-11-12(8-10)19-9-18-11/h4-5,8,16H,3,6-7,9H2,1-2H3. The van der Waals surface area contributed by atoms with E-state index >= 15 is 0 Å². The lowest BCUT2D eigenvalue weighted by atomic mass is 9.91. The molecule has 2 rings (SSSR count). The fourth-order valence-electron chi connectivity index (χ4n) is 1.95. The van der Waals surface area contributed by atoms with Crippen LogP contribution in [0.1, 0.15) is 32.3 Å². The van der Waals surface area contributed by atoms with E-state index in [0.717, 1.165) is 0 Å². The fourth-order valence-corrected chi connectivity index (χ4v) is 1.95. The molecule has 1 heterocycles. The van der Waals surface area contributed by atoms with Crippen LogP contribution < -0.4 is 9.47 Å². The van der Waals surface area contributed by atoms with Gasteiger partial charge in [-0.15, -0.1) is 0 Å². The predicted molar refractivity (Wildman–Crippen MR) is 68.0 cm³/mol. The number of aliphatic hydroxyl groups is 1. The van der Waals surface area contributed by atoms with Crippen LogP contribution in [0.4, 0.5) is 0 Å². The average molecular weight is 266 g/mol. The van der Waals surface area contributed by atoms with E-state index < -0.39 is 5.60 Å². The number of hydrogen-bond acceptors (Lipinski definition) is 5. The third kappa shape index (κ3) is 3.17. The molecular formula is C14H18O5. The topological polar surface area (TPSA) is 65.0 Å². The molecule has 0 aliphatic carbocycles. The molecule has 0 spiro atoms. The lowest BCUT2D eigenvalue weighted by Gasteiger charge is -2.23. The Morgan fingerprint density at radius 2 is 2.16 bits per heavy atom. The highest BCUT2D eigenvalue weighted by Crippen LogP contribution is 2.37. The van der Waals surface area contributed by atoms with E-state index in [1.54, 1.807) is 32.0 Å². The molecule has 1 aliphatic rings. The van der Waals surface area contributed by atoms with E-state index in [1.165, 1.54) is 0 Å². The highest BCUT2D eigenvalue weighted by Gasteiger charge is 2.26. The number of carbonyl (C=O) groups is 1. The summed E-state index contributed by atoms with van der Waals surface area (Å²) in [4.78, 5) is 11.3. The van der Waals surface area contributed by atoms with E-state index in [0.29, 0.717) is 30.1 Å². The molecular weight excluding hydrogens is 248 g/mol. The largest absolute Gasteiger partial charge is 0.466 e. The molecule has 0 saturated carbocycles. The number of carbonyl (C=O) groups excluding carboxylic acids is 1. The van der Waals surface area contributed by atoms with Crippen molar-refractivity contribution >= 4 is 5.97 Å². The molecule has 5 heteroatoms. The van der Waals surface area contributed by atoms with Crippen LogP contribution in [0.5, 0.6) is 11.5 Å². The predicted octanol–water partition coefficient (Wildman–Crippen LogP) is 1.97. The molecule has 0 fully saturated rings. The second-order valence-corrected chi connectivity index (χ2v) is 4.65. The Labute approximate surface area is 112 Å². The third-order valence-electron chi connectivity index (χ3n) is 3.12. The number of esters is 1. The number of fused-ring (bicyclic) bond motifs is 1. The lowest BCUT2D eigenvalue weighted by molar-refractivity contribution is -0.144. The van der Waals surface area contributed by atoms with Crippen molar-refractivity contribution in [3.63, 3.8) is 0 Å². The van der Waals surface area contributed by atoms with Gasteiger partial charge < -0.3 is 19.3 Å². The van der Waals surface area contributed by atoms with Gasteiger partial charge in [-0.05, 0) is 38.0 Å². The van der Waals surface area contributed by atoms with Crippen molar-refractivity contribution in [3.8, 4) is 11.5 Å². The molecule has 19 heavy (non-hydrogen) atoms.